The number of rotatable bonds is 3. The van der Waals surface area contributed by atoms with Gasteiger partial charge in [-0.15, -0.1) is 6.58 Å². The molecule has 0 amide bonds. The molecule has 54 valence electrons. The Morgan fingerprint density at radius 1 is 1.90 bits per heavy atom. The van der Waals surface area contributed by atoms with E-state index in [1.807, 2.05) is 6.20 Å². The van der Waals surface area contributed by atoms with Gasteiger partial charge in [-0.2, -0.15) is 5.10 Å². The standard InChI is InChI=1S/C7H10N2O/c1-3-4-9-6-7(10-2)5-8-9/h3,5-6H,1,4H2,2H3. The van der Waals surface area contributed by atoms with Gasteiger partial charge in [0.15, 0.2) is 5.75 Å². The second kappa shape index (κ2) is 3.06. The van der Waals surface area contributed by atoms with Crippen LogP contribution in [0.25, 0.3) is 0 Å². The van der Waals surface area contributed by atoms with E-state index in [9.17, 15) is 0 Å². The Labute approximate surface area is 59.9 Å². The largest absolute Gasteiger partial charge is 0.493 e. The molecule has 10 heavy (non-hydrogen) atoms. The summed E-state index contributed by atoms with van der Waals surface area (Å²) in [5.74, 6) is 0.779. The Hall–Kier alpha value is -1.25. The van der Waals surface area contributed by atoms with Crippen molar-refractivity contribution < 1.29 is 4.74 Å². The molecular formula is C7H10N2O. The van der Waals surface area contributed by atoms with E-state index >= 15 is 0 Å². The first kappa shape index (κ1) is 6.86. The molecule has 0 saturated carbocycles. The Balaban J connectivity index is 2.67. The average molecular weight is 138 g/mol. The first-order valence-corrected chi connectivity index (χ1v) is 3.04. The number of methoxy groups -OCH3 is 1. The summed E-state index contributed by atoms with van der Waals surface area (Å²) in [5.41, 5.74) is 0. The molecule has 0 aliphatic rings. The molecule has 3 nitrogen and oxygen atoms in total. The lowest BCUT2D eigenvalue weighted by Crippen LogP contribution is -1.93. The summed E-state index contributed by atoms with van der Waals surface area (Å²) < 4.78 is 6.68. The molecule has 0 atom stereocenters. The molecule has 0 N–H and O–H groups in total. The Bertz CT molecular complexity index is 217. The predicted octanol–water partition coefficient (Wildman–Crippen LogP) is 1.08. The molecule has 0 aromatic carbocycles. The second-order valence-corrected chi connectivity index (χ2v) is 1.89. The van der Waals surface area contributed by atoms with E-state index in [-0.39, 0.29) is 0 Å². The van der Waals surface area contributed by atoms with Crippen molar-refractivity contribution in [3.63, 3.8) is 0 Å². The van der Waals surface area contributed by atoms with Crippen LogP contribution in [0.2, 0.25) is 0 Å². The van der Waals surface area contributed by atoms with Gasteiger partial charge in [0.05, 0.1) is 26.0 Å². The summed E-state index contributed by atoms with van der Waals surface area (Å²) in [4.78, 5) is 0. The van der Waals surface area contributed by atoms with Crippen LogP contribution in [0.1, 0.15) is 0 Å². The number of aromatic nitrogens is 2. The molecule has 1 aromatic heterocycles. The van der Waals surface area contributed by atoms with Gasteiger partial charge in [-0.1, -0.05) is 6.08 Å². The molecule has 1 aromatic rings. The number of nitrogens with zero attached hydrogens (tertiary/aromatic N) is 2. The van der Waals surface area contributed by atoms with Crippen LogP contribution < -0.4 is 4.74 Å². The third kappa shape index (κ3) is 1.37. The van der Waals surface area contributed by atoms with Gasteiger partial charge in [-0.3, -0.25) is 4.68 Å². The van der Waals surface area contributed by atoms with Gasteiger partial charge < -0.3 is 4.74 Å². The minimum Gasteiger partial charge on any atom is -0.493 e. The lowest BCUT2D eigenvalue weighted by atomic mass is 10.6. The Kier molecular flexibility index (Phi) is 2.10. The third-order valence-corrected chi connectivity index (χ3v) is 1.16. The predicted molar refractivity (Wildman–Crippen MR) is 39.0 cm³/mol. The second-order valence-electron chi connectivity index (χ2n) is 1.89. The molecule has 0 aliphatic heterocycles. The quantitative estimate of drug-likeness (QED) is 0.584. The highest BCUT2D eigenvalue weighted by Gasteiger charge is 1.92. The summed E-state index contributed by atoms with van der Waals surface area (Å²) in [6.45, 7) is 4.31. The first-order valence-electron chi connectivity index (χ1n) is 3.04. The lowest BCUT2D eigenvalue weighted by Gasteiger charge is -1.91. The van der Waals surface area contributed by atoms with Gasteiger partial charge in [-0.25, -0.2) is 0 Å². The average Bonchev–Trinajstić information content (AvgIpc) is 2.37. The SMILES string of the molecule is C=CCn1cc(OC)cn1. The summed E-state index contributed by atoms with van der Waals surface area (Å²) in [6, 6.07) is 0. The van der Waals surface area contributed by atoms with Crippen LogP contribution in [0, 0.1) is 0 Å². The molecule has 0 fully saturated rings. The van der Waals surface area contributed by atoms with Crippen molar-refractivity contribution in [1.82, 2.24) is 9.78 Å². The van der Waals surface area contributed by atoms with Crippen molar-refractivity contribution in [3.05, 3.63) is 25.0 Å². The van der Waals surface area contributed by atoms with Gasteiger partial charge in [0.2, 0.25) is 0 Å². The molecule has 0 radical (unpaired) electrons. The fraction of sp³-hybridized carbons (Fsp3) is 0.286. The summed E-state index contributed by atoms with van der Waals surface area (Å²) in [6.07, 6.45) is 5.28. The minimum atomic E-state index is 0.726. The number of hydrogen-bond acceptors (Lipinski definition) is 2. The van der Waals surface area contributed by atoms with E-state index in [0.29, 0.717) is 0 Å². The molecule has 0 saturated heterocycles. The fourth-order valence-corrected chi connectivity index (χ4v) is 0.682. The molecule has 0 bridgehead atoms. The van der Waals surface area contributed by atoms with E-state index in [0.717, 1.165) is 12.3 Å². The van der Waals surface area contributed by atoms with Crippen molar-refractivity contribution >= 4 is 0 Å². The minimum absolute atomic E-state index is 0.726. The highest BCUT2D eigenvalue weighted by atomic mass is 16.5. The zero-order valence-electron chi connectivity index (χ0n) is 5.95. The van der Waals surface area contributed by atoms with Crippen LogP contribution in [0.4, 0.5) is 0 Å². The maximum absolute atomic E-state index is 4.92. The van der Waals surface area contributed by atoms with Crippen LogP contribution in [0.5, 0.6) is 5.75 Å². The molecule has 0 unspecified atom stereocenters. The van der Waals surface area contributed by atoms with E-state index in [1.54, 1.807) is 24.1 Å². The zero-order valence-corrected chi connectivity index (χ0v) is 5.95. The maximum Gasteiger partial charge on any atom is 0.156 e. The van der Waals surface area contributed by atoms with Crippen molar-refractivity contribution in [2.45, 2.75) is 6.54 Å². The molecule has 1 heterocycles. The van der Waals surface area contributed by atoms with E-state index in [4.69, 9.17) is 4.74 Å². The maximum atomic E-state index is 4.92. The molecule has 0 aliphatic carbocycles. The van der Waals surface area contributed by atoms with E-state index in [1.165, 1.54) is 0 Å². The van der Waals surface area contributed by atoms with Gasteiger partial charge in [0, 0.05) is 0 Å². The topological polar surface area (TPSA) is 27.1 Å². The van der Waals surface area contributed by atoms with Crippen LogP contribution in [0.15, 0.2) is 25.0 Å². The first-order chi connectivity index (χ1) is 4.86. The van der Waals surface area contributed by atoms with E-state index in [2.05, 4.69) is 11.7 Å². The van der Waals surface area contributed by atoms with Crippen LogP contribution in [-0.4, -0.2) is 16.9 Å². The number of hydrogen-bond donors (Lipinski definition) is 0. The molecule has 1 rings (SSSR count). The highest BCUT2D eigenvalue weighted by Crippen LogP contribution is 2.05. The van der Waals surface area contributed by atoms with Crippen LogP contribution in [-0.2, 0) is 6.54 Å². The highest BCUT2D eigenvalue weighted by molar-refractivity contribution is 5.11. The zero-order chi connectivity index (χ0) is 7.40. The van der Waals surface area contributed by atoms with Crippen molar-refractivity contribution in [2.75, 3.05) is 7.11 Å². The van der Waals surface area contributed by atoms with E-state index < -0.39 is 0 Å². The van der Waals surface area contributed by atoms with Gasteiger partial charge in [0.25, 0.3) is 0 Å². The van der Waals surface area contributed by atoms with Crippen molar-refractivity contribution in [1.29, 1.82) is 0 Å². The van der Waals surface area contributed by atoms with Crippen LogP contribution in [0.3, 0.4) is 0 Å². The summed E-state index contributed by atoms with van der Waals surface area (Å²) in [5, 5.41) is 4.00. The summed E-state index contributed by atoms with van der Waals surface area (Å²) in [7, 11) is 1.62. The molecule has 0 spiro atoms. The molecule has 3 heteroatoms. The smallest absolute Gasteiger partial charge is 0.156 e. The van der Waals surface area contributed by atoms with Gasteiger partial charge in [0.1, 0.15) is 0 Å². The van der Waals surface area contributed by atoms with Gasteiger partial charge >= 0.3 is 0 Å². The Morgan fingerprint density at radius 3 is 3.20 bits per heavy atom. The van der Waals surface area contributed by atoms with Crippen molar-refractivity contribution in [2.24, 2.45) is 0 Å². The Morgan fingerprint density at radius 2 is 2.70 bits per heavy atom. The summed E-state index contributed by atoms with van der Waals surface area (Å²) >= 11 is 0. The normalized spacial score (nSPS) is 9.30. The monoisotopic (exact) mass is 138 g/mol. The number of allylic oxidation sites excluding steroid dienone is 1. The van der Waals surface area contributed by atoms with Crippen molar-refractivity contribution in [3.8, 4) is 5.75 Å². The van der Waals surface area contributed by atoms with Gasteiger partial charge in [-0.05, 0) is 0 Å². The molecular weight excluding hydrogens is 128 g/mol. The third-order valence-electron chi connectivity index (χ3n) is 1.16. The number of ether oxygens (including phenoxy) is 1. The lowest BCUT2D eigenvalue weighted by molar-refractivity contribution is 0.414. The fourth-order valence-electron chi connectivity index (χ4n) is 0.682. The van der Waals surface area contributed by atoms with Crippen LogP contribution >= 0.6 is 0 Å².